The van der Waals surface area contributed by atoms with Crippen molar-refractivity contribution in [3.05, 3.63) is 107 Å². The molecule has 0 atom stereocenters. The van der Waals surface area contributed by atoms with Crippen LogP contribution in [0.2, 0.25) is 0 Å². The molecule has 0 saturated carbocycles. The quantitative estimate of drug-likeness (QED) is 0.189. The van der Waals surface area contributed by atoms with Crippen LogP contribution in [0.1, 0.15) is 22.3 Å². The Hall–Kier alpha value is -4.69. The van der Waals surface area contributed by atoms with Crippen LogP contribution in [0.3, 0.4) is 0 Å². The summed E-state index contributed by atoms with van der Waals surface area (Å²) in [5.41, 5.74) is 4.86. The molecule has 9 heteroatoms. The molecule has 0 heterocycles. The SMILES string of the molecule is CN=C(NC)c1cccc(NC(=O)/C=C/c2ccc(/C=C/C(=O)Nc3cccc(C(=NC)NC)c3)cc2)c1.Cl. The third kappa shape index (κ3) is 9.28. The molecule has 3 aromatic rings. The summed E-state index contributed by atoms with van der Waals surface area (Å²) in [4.78, 5) is 33.1. The number of carbonyl (C=O) groups is 2. The van der Waals surface area contributed by atoms with Crippen LogP contribution in [0.15, 0.2) is 94.9 Å². The lowest BCUT2D eigenvalue weighted by Crippen LogP contribution is -2.19. The Kier molecular flexibility index (Phi) is 12.2. The monoisotopic (exact) mass is 544 g/mol. The van der Waals surface area contributed by atoms with Gasteiger partial charge < -0.3 is 21.3 Å². The molecule has 202 valence electrons. The number of nitrogens with one attached hydrogen (secondary N) is 4. The molecule has 0 aromatic heterocycles. The molecule has 0 aliphatic heterocycles. The van der Waals surface area contributed by atoms with Gasteiger partial charge in [0.1, 0.15) is 11.7 Å². The van der Waals surface area contributed by atoms with Gasteiger partial charge >= 0.3 is 0 Å². The maximum absolute atomic E-state index is 12.4. The van der Waals surface area contributed by atoms with Gasteiger partial charge in [-0.15, -0.1) is 12.4 Å². The summed E-state index contributed by atoms with van der Waals surface area (Å²) >= 11 is 0. The minimum atomic E-state index is -0.238. The van der Waals surface area contributed by atoms with Gasteiger partial charge in [0.05, 0.1) is 0 Å². The van der Waals surface area contributed by atoms with Crippen molar-refractivity contribution in [3.63, 3.8) is 0 Å². The van der Waals surface area contributed by atoms with Gasteiger partial charge in [-0.25, -0.2) is 0 Å². The second kappa shape index (κ2) is 15.5. The maximum atomic E-state index is 12.4. The lowest BCUT2D eigenvalue weighted by molar-refractivity contribution is -0.112. The summed E-state index contributed by atoms with van der Waals surface area (Å²) in [6.45, 7) is 0. The van der Waals surface area contributed by atoms with E-state index < -0.39 is 0 Å². The Bertz CT molecular complexity index is 1290. The normalized spacial score (nSPS) is 11.7. The second-order valence-electron chi connectivity index (χ2n) is 8.12. The van der Waals surface area contributed by atoms with Crippen LogP contribution >= 0.6 is 12.4 Å². The van der Waals surface area contributed by atoms with Gasteiger partial charge in [0, 0.05) is 62.8 Å². The summed E-state index contributed by atoms with van der Waals surface area (Å²) in [7, 11) is 7.02. The zero-order chi connectivity index (χ0) is 27.3. The van der Waals surface area contributed by atoms with Gasteiger partial charge in [-0.3, -0.25) is 19.6 Å². The van der Waals surface area contributed by atoms with E-state index >= 15 is 0 Å². The zero-order valence-corrected chi connectivity index (χ0v) is 23.2. The molecule has 4 N–H and O–H groups in total. The summed E-state index contributed by atoms with van der Waals surface area (Å²) in [6, 6.07) is 22.5. The molecule has 3 aromatic carbocycles. The first-order valence-corrected chi connectivity index (χ1v) is 12.0. The Labute approximate surface area is 235 Å². The molecule has 0 bridgehead atoms. The van der Waals surface area contributed by atoms with Gasteiger partial charge in [-0.05, 0) is 47.5 Å². The van der Waals surface area contributed by atoms with E-state index in [0.717, 1.165) is 33.9 Å². The van der Waals surface area contributed by atoms with Crippen molar-refractivity contribution < 1.29 is 9.59 Å². The fourth-order valence-electron chi connectivity index (χ4n) is 3.69. The Balaban J connectivity index is 0.00000533. The zero-order valence-electron chi connectivity index (χ0n) is 22.4. The van der Waals surface area contributed by atoms with Crippen molar-refractivity contribution in [1.82, 2.24) is 10.6 Å². The number of aliphatic imine (C=N–C) groups is 2. The van der Waals surface area contributed by atoms with Crippen LogP contribution < -0.4 is 21.3 Å². The van der Waals surface area contributed by atoms with Crippen molar-refractivity contribution in [2.24, 2.45) is 9.98 Å². The minimum absolute atomic E-state index is 0. The molecule has 0 aliphatic rings. The number of carbonyl (C=O) groups excluding carboxylic acids is 2. The van der Waals surface area contributed by atoms with E-state index in [4.69, 9.17) is 0 Å². The van der Waals surface area contributed by atoms with Crippen LogP contribution in [0.4, 0.5) is 11.4 Å². The number of nitrogens with zero attached hydrogens (tertiary/aromatic N) is 2. The first-order chi connectivity index (χ1) is 18.4. The highest BCUT2D eigenvalue weighted by Crippen LogP contribution is 2.14. The topological polar surface area (TPSA) is 107 Å². The Morgan fingerprint density at radius 1 is 0.641 bits per heavy atom. The molecule has 0 spiro atoms. The van der Waals surface area contributed by atoms with E-state index in [2.05, 4.69) is 31.3 Å². The Morgan fingerprint density at radius 2 is 1.03 bits per heavy atom. The van der Waals surface area contributed by atoms with Gasteiger partial charge in [0.25, 0.3) is 0 Å². The van der Waals surface area contributed by atoms with Crippen LogP contribution in [0.25, 0.3) is 12.2 Å². The molecule has 3 rings (SSSR count). The molecule has 39 heavy (non-hydrogen) atoms. The fraction of sp³-hybridized carbons (Fsp3) is 0.133. The van der Waals surface area contributed by atoms with Crippen molar-refractivity contribution in [2.75, 3.05) is 38.8 Å². The number of benzene rings is 3. The van der Waals surface area contributed by atoms with Crippen molar-refractivity contribution >= 4 is 59.4 Å². The van der Waals surface area contributed by atoms with E-state index in [0.29, 0.717) is 11.4 Å². The molecule has 0 fully saturated rings. The van der Waals surface area contributed by atoms with E-state index in [1.165, 1.54) is 12.2 Å². The predicted octanol–water partition coefficient (Wildman–Crippen LogP) is 4.60. The van der Waals surface area contributed by atoms with E-state index in [1.807, 2.05) is 72.8 Å². The number of hydrogen-bond donors (Lipinski definition) is 4. The highest BCUT2D eigenvalue weighted by molar-refractivity contribution is 6.05. The number of amides is 2. The number of hydrogen-bond acceptors (Lipinski definition) is 4. The molecule has 0 radical (unpaired) electrons. The van der Waals surface area contributed by atoms with E-state index in [1.54, 1.807) is 40.3 Å². The van der Waals surface area contributed by atoms with Crippen molar-refractivity contribution in [1.29, 1.82) is 0 Å². The minimum Gasteiger partial charge on any atom is -0.373 e. The molecule has 0 unspecified atom stereocenters. The number of anilines is 2. The van der Waals surface area contributed by atoms with Crippen LogP contribution in [-0.4, -0.2) is 51.7 Å². The smallest absolute Gasteiger partial charge is 0.248 e. The first kappa shape index (κ1) is 30.5. The Morgan fingerprint density at radius 3 is 1.36 bits per heavy atom. The van der Waals surface area contributed by atoms with Crippen LogP contribution in [0.5, 0.6) is 0 Å². The van der Waals surface area contributed by atoms with Crippen molar-refractivity contribution in [3.8, 4) is 0 Å². The molecule has 0 aliphatic carbocycles. The summed E-state index contributed by atoms with van der Waals surface area (Å²) in [6.07, 6.45) is 6.43. The van der Waals surface area contributed by atoms with Gasteiger partial charge in [0.15, 0.2) is 0 Å². The highest BCUT2D eigenvalue weighted by Gasteiger charge is 2.05. The fourth-order valence-corrected chi connectivity index (χ4v) is 3.69. The van der Waals surface area contributed by atoms with Crippen molar-refractivity contribution in [2.45, 2.75) is 0 Å². The molecular formula is C30H33ClN6O2. The second-order valence-corrected chi connectivity index (χ2v) is 8.12. The van der Waals surface area contributed by atoms with Gasteiger partial charge in [-0.1, -0.05) is 48.5 Å². The third-order valence-electron chi connectivity index (χ3n) is 5.52. The number of halogens is 1. The molecule has 0 saturated heterocycles. The standard InChI is InChI=1S/C30H32N6O2.ClH/c1-31-29(32-2)23-7-5-9-25(19-23)35-27(37)17-15-21-11-13-22(14-12-21)16-18-28(38)36-26-10-6-8-24(20-26)30(33-3)34-4;/h5-20H,1-4H3,(H,31,32)(H,33,34)(H,35,37)(H,36,38);1H/b17-15+,18-16+;. The average molecular weight is 545 g/mol. The van der Waals surface area contributed by atoms with E-state index in [9.17, 15) is 9.59 Å². The molecule has 2 amide bonds. The first-order valence-electron chi connectivity index (χ1n) is 12.0. The van der Waals surface area contributed by atoms with Gasteiger partial charge in [0.2, 0.25) is 11.8 Å². The lowest BCUT2D eigenvalue weighted by Gasteiger charge is -2.08. The van der Waals surface area contributed by atoms with Crippen LogP contribution in [-0.2, 0) is 9.59 Å². The van der Waals surface area contributed by atoms with E-state index in [-0.39, 0.29) is 24.2 Å². The predicted molar refractivity (Wildman–Crippen MR) is 165 cm³/mol. The highest BCUT2D eigenvalue weighted by atomic mass is 35.5. The summed E-state index contributed by atoms with van der Waals surface area (Å²) in [5.74, 6) is 1.00. The third-order valence-corrected chi connectivity index (χ3v) is 5.52. The summed E-state index contributed by atoms with van der Waals surface area (Å²) in [5, 5.41) is 11.8. The maximum Gasteiger partial charge on any atom is 0.248 e. The average Bonchev–Trinajstić information content (AvgIpc) is 2.93. The largest absolute Gasteiger partial charge is 0.373 e. The number of rotatable bonds is 8. The van der Waals surface area contributed by atoms with Crippen LogP contribution in [0, 0.1) is 0 Å². The lowest BCUT2D eigenvalue weighted by atomic mass is 10.1. The summed E-state index contributed by atoms with van der Waals surface area (Å²) < 4.78 is 0. The number of amidine groups is 2. The molecule has 8 nitrogen and oxygen atoms in total. The molecular weight excluding hydrogens is 512 g/mol. The van der Waals surface area contributed by atoms with Gasteiger partial charge in [-0.2, -0.15) is 0 Å².